The van der Waals surface area contributed by atoms with Crippen molar-refractivity contribution in [2.45, 2.75) is 5.16 Å². The highest BCUT2D eigenvalue weighted by molar-refractivity contribution is 8.04. The number of aromatic nitrogens is 4. The first kappa shape index (κ1) is 23.1. The van der Waals surface area contributed by atoms with Gasteiger partial charge in [-0.15, -0.1) is 5.10 Å². The Hall–Kier alpha value is -4.09. The van der Waals surface area contributed by atoms with Gasteiger partial charge in [-0.05, 0) is 60.3 Å². The monoisotopic (exact) mass is 497 g/mol. The van der Waals surface area contributed by atoms with Gasteiger partial charge in [0.25, 0.3) is 5.69 Å². The number of aliphatic carboxylic acids is 1. The smallest absolute Gasteiger partial charge is 0.342 e. The third-order valence-corrected chi connectivity index (χ3v) is 5.80. The van der Waals surface area contributed by atoms with Crippen molar-refractivity contribution in [2.75, 3.05) is 7.11 Å². The molecule has 4 rings (SSSR count). The van der Waals surface area contributed by atoms with Crippen molar-refractivity contribution in [2.24, 2.45) is 0 Å². The number of nitro benzene ring substituents is 1. The van der Waals surface area contributed by atoms with Gasteiger partial charge in [-0.1, -0.05) is 11.6 Å². The molecule has 12 heteroatoms. The Balaban J connectivity index is 1.62. The van der Waals surface area contributed by atoms with Crippen LogP contribution in [0.1, 0.15) is 5.69 Å². The van der Waals surface area contributed by atoms with E-state index in [4.69, 9.17) is 16.3 Å². The third-order valence-electron chi connectivity index (χ3n) is 4.69. The number of benzene rings is 2. The Labute approximate surface area is 202 Å². The van der Waals surface area contributed by atoms with Crippen molar-refractivity contribution in [1.82, 2.24) is 19.7 Å². The summed E-state index contributed by atoms with van der Waals surface area (Å²) in [6.45, 7) is 0. The molecule has 0 aliphatic heterocycles. The minimum Gasteiger partial charge on any atom is -0.496 e. The van der Waals surface area contributed by atoms with Gasteiger partial charge in [0.15, 0.2) is 5.82 Å². The topological polar surface area (TPSA) is 136 Å². The van der Waals surface area contributed by atoms with Crippen LogP contribution < -0.4 is 4.74 Å². The summed E-state index contributed by atoms with van der Waals surface area (Å²) in [5.74, 6) is -0.249. The van der Waals surface area contributed by atoms with Crippen LogP contribution in [-0.2, 0) is 4.79 Å². The van der Waals surface area contributed by atoms with Crippen molar-refractivity contribution < 1.29 is 19.6 Å². The lowest BCUT2D eigenvalue weighted by Gasteiger charge is -2.07. The predicted molar refractivity (Wildman–Crippen MR) is 127 cm³/mol. The van der Waals surface area contributed by atoms with Crippen LogP contribution in [-0.4, -0.2) is 42.9 Å². The number of rotatable bonds is 8. The number of carbonyl (C=O) groups is 1. The number of aromatic amines is 1. The summed E-state index contributed by atoms with van der Waals surface area (Å²) in [6, 6.07) is 14.5. The summed E-state index contributed by atoms with van der Waals surface area (Å²) in [5, 5.41) is 28.2. The maximum atomic E-state index is 11.9. The van der Waals surface area contributed by atoms with Gasteiger partial charge in [-0.25, -0.2) is 9.78 Å². The number of halogens is 1. The Bertz CT molecular complexity index is 1400. The molecule has 34 heavy (non-hydrogen) atoms. The van der Waals surface area contributed by atoms with Crippen molar-refractivity contribution in [3.05, 3.63) is 86.5 Å². The molecule has 4 aromatic rings. The van der Waals surface area contributed by atoms with E-state index in [1.54, 1.807) is 53.2 Å². The average Bonchev–Trinajstić information content (AvgIpc) is 3.48. The number of hydrogen-bond donors (Lipinski definition) is 2. The Kier molecular flexibility index (Phi) is 6.66. The first-order chi connectivity index (χ1) is 16.4. The standard InChI is InChI=1S/C22H16ClN5O5S/c1-33-18-9-4-13(23)11-17(18)20-24-22(26-25-20)34-19(21(29)30)12-16-3-2-10-27(16)14-5-7-15(8-6-14)28(31)32/h2-12H,1H3,(H,29,30)(H,24,25,26)/b19-12-. The minimum absolute atomic E-state index is 0.0227. The maximum absolute atomic E-state index is 11.9. The Morgan fingerprint density at radius 1 is 1.26 bits per heavy atom. The normalized spacial score (nSPS) is 11.4. The van der Waals surface area contributed by atoms with Crippen LogP contribution in [0.4, 0.5) is 5.69 Å². The van der Waals surface area contributed by atoms with Gasteiger partial charge >= 0.3 is 5.97 Å². The molecule has 0 saturated heterocycles. The van der Waals surface area contributed by atoms with Crippen LogP contribution in [0.25, 0.3) is 23.2 Å². The predicted octanol–water partition coefficient (Wildman–Crippen LogP) is 5.05. The SMILES string of the molecule is COc1ccc(Cl)cc1-c1nc(S/C(=C\c2cccn2-c2ccc([N+](=O)[O-])cc2)C(=O)O)n[nH]1. The number of H-pyrrole nitrogens is 1. The fraction of sp³-hybridized carbons (Fsp3) is 0.0455. The number of nitrogens with one attached hydrogen (secondary N) is 1. The molecule has 0 fully saturated rings. The zero-order valence-corrected chi connectivity index (χ0v) is 19.1. The lowest BCUT2D eigenvalue weighted by molar-refractivity contribution is -0.384. The molecule has 0 spiro atoms. The molecule has 0 bridgehead atoms. The van der Waals surface area contributed by atoms with E-state index in [1.165, 1.54) is 25.3 Å². The second-order valence-electron chi connectivity index (χ2n) is 6.80. The van der Waals surface area contributed by atoms with E-state index >= 15 is 0 Å². The Morgan fingerprint density at radius 2 is 2.03 bits per heavy atom. The Morgan fingerprint density at radius 3 is 2.71 bits per heavy atom. The molecule has 10 nitrogen and oxygen atoms in total. The number of non-ortho nitro benzene ring substituents is 1. The van der Waals surface area contributed by atoms with Crippen molar-refractivity contribution in [3.8, 4) is 22.8 Å². The van der Waals surface area contributed by atoms with Crippen LogP contribution >= 0.6 is 23.4 Å². The van der Waals surface area contributed by atoms with Crippen LogP contribution in [0.5, 0.6) is 5.75 Å². The quantitative estimate of drug-likeness (QED) is 0.149. The van der Waals surface area contributed by atoms with E-state index < -0.39 is 10.9 Å². The summed E-state index contributed by atoms with van der Waals surface area (Å²) >= 11 is 6.95. The van der Waals surface area contributed by atoms with Gasteiger partial charge in [0, 0.05) is 34.7 Å². The number of methoxy groups -OCH3 is 1. The van der Waals surface area contributed by atoms with Crippen LogP contribution in [0.3, 0.4) is 0 Å². The molecule has 2 aromatic carbocycles. The number of carboxylic acid groups (broad SMARTS) is 1. The second kappa shape index (κ2) is 9.81. The van der Waals surface area contributed by atoms with Crippen LogP contribution in [0.2, 0.25) is 5.02 Å². The first-order valence-electron chi connectivity index (χ1n) is 9.67. The number of nitrogens with zero attached hydrogens (tertiary/aromatic N) is 4. The molecule has 2 heterocycles. The zero-order valence-electron chi connectivity index (χ0n) is 17.5. The summed E-state index contributed by atoms with van der Waals surface area (Å²) in [4.78, 5) is 26.7. The molecule has 0 saturated carbocycles. The van der Waals surface area contributed by atoms with E-state index in [0.717, 1.165) is 11.8 Å². The molecule has 0 amide bonds. The van der Waals surface area contributed by atoms with Crippen LogP contribution in [0, 0.1) is 10.1 Å². The molecule has 0 aliphatic rings. The van der Waals surface area contributed by atoms with Gasteiger partial charge in [-0.3, -0.25) is 15.2 Å². The molecule has 0 unspecified atom stereocenters. The van der Waals surface area contributed by atoms with Crippen molar-refractivity contribution in [1.29, 1.82) is 0 Å². The summed E-state index contributed by atoms with van der Waals surface area (Å²) in [5.41, 5.74) is 1.75. The van der Waals surface area contributed by atoms with E-state index in [2.05, 4.69) is 15.2 Å². The molecule has 0 radical (unpaired) electrons. The highest BCUT2D eigenvalue weighted by Crippen LogP contribution is 2.33. The average molecular weight is 498 g/mol. The van der Waals surface area contributed by atoms with Crippen LogP contribution in [0.15, 0.2) is 70.9 Å². The van der Waals surface area contributed by atoms with Crippen molar-refractivity contribution >= 4 is 41.1 Å². The van der Waals surface area contributed by atoms with Gasteiger partial charge in [-0.2, -0.15) is 0 Å². The van der Waals surface area contributed by atoms with Gasteiger partial charge in [0.2, 0.25) is 5.16 Å². The molecule has 0 aliphatic carbocycles. The van der Waals surface area contributed by atoms with Gasteiger partial charge < -0.3 is 14.4 Å². The first-order valence-corrected chi connectivity index (χ1v) is 10.9. The van der Waals surface area contributed by atoms with E-state index in [1.807, 2.05) is 0 Å². The van der Waals surface area contributed by atoms with Crippen molar-refractivity contribution in [3.63, 3.8) is 0 Å². The second-order valence-corrected chi connectivity index (χ2v) is 8.25. The number of hydrogen-bond acceptors (Lipinski definition) is 7. The number of ether oxygens (including phenoxy) is 1. The summed E-state index contributed by atoms with van der Waals surface area (Å²) < 4.78 is 7.05. The summed E-state index contributed by atoms with van der Waals surface area (Å²) in [6.07, 6.45) is 3.21. The molecule has 2 aromatic heterocycles. The molecule has 172 valence electrons. The maximum Gasteiger partial charge on any atom is 0.342 e. The minimum atomic E-state index is -1.16. The van der Waals surface area contributed by atoms with E-state index in [0.29, 0.717) is 33.5 Å². The molecule has 2 N–H and O–H groups in total. The molecular weight excluding hydrogens is 482 g/mol. The molecular formula is C22H16ClN5O5S. The zero-order chi connectivity index (χ0) is 24.2. The van der Waals surface area contributed by atoms with E-state index in [-0.39, 0.29) is 15.7 Å². The number of carboxylic acids is 1. The third kappa shape index (κ3) is 4.95. The van der Waals surface area contributed by atoms with Gasteiger partial charge in [0.05, 0.1) is 17.6 Å². The highest BCUT2D eigenvalue weighted by atomic mass is 35.5. The lowest BCUT2D eigenvalue weighted by atomic mass is 10.2. The fourth-order valence-corrected chi connectivity index (χ4v) is 3.99. The van der Waals surface area contributed by atoms with Gasteiger partial charge in [0.1, 0.15) is 10.7 Å². The molecule has 0 atom stereocenters. The number of nitro groups is 1. The largest absolute Gasteiger partial charge is 0.496 e. The lowest BCUT2D eigenvalue weighted by Crippen LogP contribution is -2.00. The highest BCUT2D eigenvalue weighted by Gasteiger charge is 2.17. The van der Waals surface area contributed by atoms with E-state index in [9.17, 15) is 20.0 Å². The fourth-order valence-electron chi connectivity index (χ4n) is 3.13. The number of thioether (sulfide) groups is 1. The summed E-state index contributed by atoms with van der Waals surface area (Å²) in [7, 11) is 1.52.